The molecule has 1 N–H and O–H groups in total. The van der Waals surface area contributed by atoms with E-state index in [1.165, 1.54) is 0 Å². The molecule has 1 heterocycles. The Hall–Kier alpha value is -0.790. The number of carbonyl (C=O) groups is 1. The van der Waals surface area contributed by atoms with Crippen LogP contribution in [0.4, 0.5) is 0 Å². The van der Waals surface area contributed by atoms with E-state index in [2.05, 4.69) is 18.8 Å². The molecule has 0 spiro atoms. The molecular formula is C8H13NO. The normalized spacial score (nSPS) is 31.9. The summed E-state index contributed by atoms with van der Waals surface area (Å²) in [4.78, 5) is 10.8. The molecule has 1 amide bonds. The molecule has 0 aromatic rings. The van der Waals surface area contributed by atoms with Gasteiger partial charge >= 0.3 is 0 Å². The van der Waals surface area contributed by atoms with Crippen molar-refractivity contribution in [3.05, 3.63) is 12.7 Å². The SMILES string of the molecule is C=CCC1NC(=O)C[C@@H]1C. The number of carbonyl (C=O) groups excluding carboxylic acids is 1. The lowest BCUT2D eigenvalue weighted by molar-refractivity contribution is -0.119. The number of rotatable bonds is 2. The highest BCUT2D eigenvalue weighted by atomic mass is 16.1. The maximum Gasteiger partial charge on any atom is 0.220 e. The molecule has 1 unspecified atom stereocenters. The minimum absolute atomic E-state index is 0.180. The Morgan fingerprint density at radius 3 is 3.00 bits per heavy atom. The molecule has 0 radical (unpaired) electrons. The molecule has 0 aromatic carbocycles. The van der Waals surface area contributed by atoms with Gasteiger partial charge in [-0.25, -0.2) is 0 Å². The fraction of sp³-hybridized carbons (Fsp3) is 0.625. The van der Waals surface area contributed by atoms with Gasteiger partial charge in [0, 0.05) is 12.5 Å². The fourth-order valence-electron chi connectivity index (χ4n) is 1.31. The van der Waals surface area contributed by atoms with Crippen LogP contribution in [0.15, 0.2) is 12.7 Å². The predicted molar refractivity (Wildman–Crippen MR) is 40.5 cm³/mol. The minimum Gasteiger partial charge on any atom is -0.353 e. The van der Waals surface area contributed by atoms with Crippen molar-refractivity contribution in [2.24, 2.45) is 5.92 Å². The van der Waals surface area contributed by atoms with Crippen LogP contribution in [0.1, 0.15) is 19.8 Å². The molecule has 0 aromatic heterocycles. The zero-order valence-electron chi connectivity index (χ0n) is 6.26. The third kappa shape index (κ3) is 1.38. The van der Waals surface area contributed by atoms with Crippen molar-refractivity contribution >= 4 is 5.91 Å². The van der Waals surface area contributed by atoms with Gasteiger partial charge in [0.2, 0.25) is 5.91 Å². The van der Waals surface area contributed by atoms with Crippen molar-refractivity contribution in [3.8, 4) is 0 Å². The van der Waals surface area contributed by atoms with Gasteiger partial charge in [-0.15, -0.1) is 6.58 Å². The molecule has 10 heavy (non-hydrogen) atoms. The Bertz CT molecular complexity index is 153. The van der Waals surface area contributed by atoms with Gasteiger partial charge in [0.1, 0.15) is 0 Å². The fourth-order valence-corrected chi connectivity index (χ4v) is 1.31. The standard InChI is InChI=1S/C8H13NO/c1-3-4-7-6(2)5-8(10)9-7/h3,6-7H,1,4-5H2,2H3,(H,9,10)/t6-,7?/m0/s1. The van der Waals surface area contributed by atoms with Gasteiger partial charge in [0.05, 0.1) is 0 Å². The molecular weight excluding hydrogens is 126 g/mol. The lowest BCUT2D eigenvalue weighted by Gasteiger charge is -2.10. The summed E-state index contributed by atoms with van der Waals surface area (Å²) < 4.78 is 0. The molecule has 0 saturated carbocycles. The third-order valence-electron chi connectivity index (χ3n) is 1.96. The van der Waals surface area contributed by atoms with Crippen LogP contribution in [0.2, 0.25) is 0 Å². The number of hydrogen-bond donors (Lipinski definition) is 1. The molecule has 0 bridgehead atoms. The zero-order chi connectivity index (χ0) is 7.56. The monoisotopic (exact) mass is 139 g/mol. The van der Waals surface area contributed by atoms with Gasteiger partial charge in [0.25, 0.3) is 0 Å². The Kier molecular flexibility index (Phi) is 2.10. The zero-order valence-corrected chi connectivity index (χ0v) is 6.26. The van der Waals surface area contributed by atoms with Crippen LogP contribution in [0.5, 0.6) is 0 Å². The van der Waals surface area contributed by atoms with E-state index in [0.717, 1.165) is 6.42 Å². The number of hydrogen-bond acceptors (Lipinski definition) is 1. The second kappa shape index (κ2) is 2.86. The van der Waals surface area contributed by atoms with E-state index in [1.54, 1.807) is 0 Å². The lowest BCUT2D eigenvalue weighted by Crippen LogP contribution is -2.27. The highest BCUT2D eigenvalue weighted by Gasteiger charge is 2.26. The highest BCUT2D eigenvalue weighted by molar-refractivity contribution is 5.78. The highest BCUT2D eigenvalue weighted by Crippen LogP contribution is 2.17. The van der Waals surface area contributed by atoms with E-state index in [0.29, 0.717) is 18.4 Å². The van der Waals surface area contributed by atoms with Gasteiger partial charge in [0.15, 0.2) is 0 Å². The second-order valence-electron chi connectivity index (χ2n) is 2.88. The minimum atomic E-state index is 0.180. The van der Waals surface area contributed by atoms with Crippen molar-refractivity contribution in [2.75, 3.05) is 0 Å². The van der Waals surface area contributed by atoms with Crippen molar-refractivity contribution in [1.82, 2.24) is 5.32 Å². The topological polar surface area (TPSA) is 29.1 Å². The maximum absolute atomic E-state index is 10.8. The van der Waals surface area contributed by atoms with Crippen LogP contribution >= 0.6 is 0 Å². The third-order valence-corrected chi connectivity index (χ3v) is 1.96. The molecule has 56 valence electrons. The van der Waals surface area contributed by atoms with Crippen LogP contribution < -0.4 is 5.32 Å². The van der Waals surface area contributed by atoms with Crippen LogP contribution in [0, 0.1) is 5.92 Å². The molecule has 2 heteroatoms. The first kappa shape index (κ1) is 7.32. The molecule has 2 nitrogen and oxygen atoms in total. The Morgan fingerprint density at radius 2 is 2.60 bits per heavy atom. The van der Waals surface area contributed by atoms with Gasteiger partial charge in [-0.3, -0.25) is 4.79 Å². The molecule has 0 aliphatic carbocycles. The predicted octanol–water partition coefficient (Wildman–Crippen LogP) is 1.09. The summed E-state index contributed by atoms with van der Waals surface area (Å²) in [6.07, 6.45) is 3.43. The largest absolute Gasteiger partial charge is 0.353 e. The Balaban J connectivity index is 2.45. The van der Waals surface area contributed by atoms with Crippen LogP contribution in [0.25, 0.3) is 0 Å². The van der Waals surface area contributed by atoms with Gasteiger partial charge in [-0.2, -0.15) is 0 Å². The number of nitrogens with one attached hydrogen (secondary N) is 1. The first-order chi connectivity index (χ1) is 4.74. The van der Waals surface area contributed by atoms with Gasteiger partial charge in [-0.1, -0.05) is 13.0 Å². The summed E-state index contributed by atoms with van der Waals surface area (Å²) in [6, 6.07) is 0.338. The average molecular weight is 139 g/mol. The van der Waals surface area contributed by atoms with E-state index in [1.807, 2.05) is 6.08 Å². The van der Waals surface area contributed by atoms with E-state index in [-0.39, 0.29) is 5.91 Å². The molecule has 1 aliphatic heterocycles. The Morgan fingerprint density at radius 1 is 1.90 bits per heavy atom. The summed E-state index contributed by atoms with van der Waals surface area (Å²) >= 11 is 0. The van der Waals surface area contributed by atoms with E-state index in [4.69, 9.17) is 0 Å². The summed E-state index contributed by atoms with van der Waals surface area (Å²) in [5, 5.41) is 2.89. The number of amides is 1. The van der Waals surface area contributed by atoms with E-state index in [9.17, 15) is 4.79 Å². The van der Waals surface area contributed by atoms with Crippen molar-refractivity contribution < 1.29 is 4.79 Å². The summed E-state index contributed by atoms with van der Waals surface area (Å²) in [5.74, 6) is 0.657. The summed E-state index contributed by atoms with van der Waals surface area (Å²) in [5.41, 5.74) is 0. The lowest BCUT2D eigenvalue weighted by atomic mass is 10.0. The van der Waals surface area contributed by atoms with E-state index >= 15 is 0 Å². The van der Waals surface area contributed by atoms with Gasteiger partial charge < -0.3 is 5.32 Å². The molecule has 1 fully saturated rings. The summed E-state index contributed by atoms with van der Waals surface area (Å²) in [6.45, 7) is 5.72. The first-order valence-electron chi connectivity index (χ1n) is 3.64. The average Bonchev–Trinajstić information content (AvgIpc) is 2.13. The molecule has 1 aliphatic rings. The second-order valence-corrected chi connectivity index (χ2v) is 2.88. The van der Waals surface area contributed by atoms with Gasteiger partial charge in [-0.05, 0) is 12.3 Å². The van der Waals surface area contributed by atoms with Crippen LogP contribution in [0.3, 0.4) is 0 Å². The van der Waals surface area contributed by atoms with E-state index < -0.39 is 0 Å². The molecule has 1 rings (SSSR count). The summed E-state index contributed by atoms with van der Waals surface area (Å²) in [7, 11) is 0. The van der Waals surface area contributed by atoms with Crippen molar-refractivity contribution in [2.45, 2.75) is 25.8 Å². The smallest absolute Gasteiger partial charge is 0.220 e. The quantitative estimate of drug-likeness (QED) is 0.570. The molecule has 1 saturated heterocycles. The van der Waals surface area contributed by atoms with Crippen molar-refractivity contribution in [1.29, 1.82) is 0 Å². The Labute approximate surface area is 61.3 Å². The van der Waals surface area contributed by atoms with Crippen molar-refractivity contribution in [3.63, 3.8) is 0 Å². The maximum atomic E-state index is 10.8. The van der Waals surface area contributed by atoms with Crippen LogP contribution in [-0.4, -0.2) is 11.9 Å². The first-order valence-corrected chi connectivity index (χ1v) is 3.64. The van der Waals surface area contributed by atoms with Crippen LogP contribution in [-0.2, 0) is 4.79 Å². The molecule has 2 atom stereocenters.